The molecule has 1 aromatic carbocycles. The largest absolute Gasteiger partial charge is 0.497 e. The second-order valence-electron chi connectivity index (χ2n) is 5.36. The molecule has 0 spiro atoms. The van der Waals surface area contributed by atoms with E-state index in [4.69, 9.17) is 9.47 Å². The lowest BCUT2D eigenvalue weighted by atomic mass is 10.0. The molecule has 1 fully saturated rings. The fourth-order valence-electron chi connectivity index (χ4n) is 2.30. The summed E-state index contributed by atoms with van der Waals surface area (Å²) in [5.74, 6) is -0.304. The summed E-state index contributed by atoms with van der Waals surface area (Å²) in [6.45, 7) is 1.22. The Kier molecular flexibility index (Phi) is 4.85. The molecule has 124 valence electrons. The van der Waals surface area contributed by atoms with E-state index in [2.05, 4.69) is 10.6 Å². The van der Waals surface area contributed by atoms with Crippen LogP contribution in [0.15, 0.2) is 24.3 Å². The summed E-state index contributed by atoms with van der Waals surface area (Å²) in [5.41, 5.74) is -0.603. The van der Waals surface area contributed by atoms with Gasteiger partial charge < -0.3 is 20.1 Å². The van der Waals surface area contributed by atoms with Crippen molar-refractivity contribution in [2.75, 3.05) is 32.7 Å². The van der Waals surface area contributed by atoms with Crippen molar-refractivity contribution in [2.24, 2.45) is 0 Å². The average molecular weight is 321 g/mol. The van der Waals surface area contributed by atoms with E-state index in [0.717, 1.165) is 4.90 Å². The number of hydrogen-bond donors (Lipinski definition) is 2. The number of carbonyl (C=O) groups is 3. The summed E-state index contributed by atoms with van der Waals surface area (Å²) in [6, 6.07) is 6.10. The molecular weight excluding hydrogens is 302 g/mol. The minimum atomic E-state index is -1.15. The van der Waals surface area contributed by atoms with Crippen molar-refractivity contribution in [1.82, 2.24) is 10.2 Å². The summed E-state index contributed by atoms with van der Waals surface area (Å²) in [5, 5.41) is 5.15. The van der Waals surface area contributed by atoms with E-state index in [9.17, 15) is 14.4 Å². The Morgan fingerprint density at radius 3 is 2.48 bits per heavy atom. The zero-order valence-corrected chi connectivity index (χ0v) is 13.2. The topological polar surface area (TPSA) is 97.0 Å². The fourth-order valence-corrected chi connectivity index (χ4v) is 2.30. The van der Waals surface area contributed by atoms with Crippen molar-refractivity contribution in [3.63, 3.8) is 0 Å². The third kappa shape index (κ3) is 3.59. The summed E-state index contributed by atoms with van der Waals surface area (Å²) < 4.78 is 9.97. The molecule has 23 heavy (non-hydrogen) atoms. The Hall–Kier alpha value is -2.61. The molecule has 0 bridgehead atoms. The normalized spacial score (nSPS) is 20.4. The highest BCUT2D eigenvalue weighted by Crippen LogP contribution is 2.18. The van der Waals surface area contributed by atoms with E-state index in [-0.39, 0.29) is 13.2 Å². The van der Waals surface area contributed by atoms with Crippen LogP contribution in [0.2, 0.25) is 0 Å². The Bertz CT molecular complexity index is 616. The van der Waals surface area contributed by atoms with Gasteiger partial charge in [-0.15, -0.1) is 0 Å². The van der Waals surface area contributed by atoms with Crippen LogP contribution in [0.5, 0.6) is 5.75 Å². The van der Waals surface area contributed by atoms with Crippen molar-refractivity contribution in [3.05, 3.63) is 24.3 Å². The first-order chi connectivity index (χ1) is 10.9. The lowest BCUT2D eigenvalue weighted by Crippen LogP contribution is -2.48. The van der Waals surface area contributed by atoms with Crippen LogP contribution in [0.3, 0.4) is 0 Å². The van der Waals surface area contributed by atoms with E-state index in [1.807, 2.05) is 0 Å². The van der Waals surface area contributed by atoms with Gasteiger partial charge in [0.25, 0.3) is 5.91 Å². The van der Waals surface area contributed by atoms with Crippen molar-refractivity contribution < 1.29 is 23.9 Å². The second kappa shape index (κ2) is 6.66. The van der Waals surface area contributed by atoms with Gasteiger partial charge in [-0.2, -0.15) is 0 Å². The standard InChI is InChI=1S/C15H19N3O5/c1-15(9-22-2)13(20)18(14(21)17-15)8-12(19)16-10-4-6-11(23-3)7-5-10/h4-7H,8-9H2,1-3H3,(H,16,19)(H,17,21). The molecule has 1 saturated heterocycles. The van der Waals surface area contributed by atoms with E-state index >= 15 is 0 Å². The van der Waals surface area contributed by atoms with Gasteiger partial charge in [0.15, 0.2) is 0 Å². The third-order valence-corrected chi connectivity index (χ3v) is 3.45. The number of hydrogen-bond acceptors (Lipinski definition) is 5. The molecule has 8 heteroatoms. The van der Waals surface area contributed by atoms with Gasteiger partial charge in [0, 0.05) is 12.8 Å². The zero-order chi connectivity index (χ0) is 17.0. The number of carbonyl (C=O) groups excluding carboxylic acids is 3. The number of rotatable bonds is 6. The van der Waals surface area contributed by atoms with Crippen LogP contribution < -0.4 is 15.4 Å². The average Bonchev–Trinajstić information content (AvgIpc) is 2.72. The number of methoxy groups -OCH3 is 2. The van der Waals surface area contributed by atoms with Crippen LogP contribution in [0.1, 0.15) is 6.92 Å². The minimum absolute atomic E-state index is 0.0359. The number of imide groups is 1. The molecule has 1 atom stereocenters. The van der Waals surface area contributed by atoms with Gasteiger partial charge >= 0.3 is 6.03 Å². The maximum Gasteiger partial charge on any atom is 0.325 e. The number of ether oxygens (including phenoxy) is 2. The third-order valence-electron chi connectivity index (χ3n) is 3.45. The molecule has 2 N–H and O–H groups in total. The number of benzene rings is 1. The molecule has 1 heterocycles. The number of amides is 4. The minimum Gasteiger partial charge on any atom is -0.497 e. The predicted octanol–water partition coefficient (Wildman–Crippen LogP) is 0.591. The monoisotopic (exact) mass is 321 g/mol. The van der Waals surface area contributed by atoms with Crippen molar-refractivity contribution in [1.29, 1.82) is 0 Å². The zero-order valence-electron chi connectivity index (χ0n) is 13.2. The first kappa shape index (κ1) is 16.8. The van der Waals surface area contributed by atoms with Crippen LogP contribution in [0.4, 0.5) is 10.5 Å². The number of nitrogens with one attached hydrogen (secondary N) is 2. The summed E-state index contributed by atoms with van der Waals surface area (Å²) >= 11 is 0. The van der Waals surface area contributed by atoms with E-state index < -0.39 is 23.4 Å². The lowest BCUT2D eigenvalue weighted by molar-refractivity contribution is -0.134. The lowest BCUT2D eigenvalue weighted by Gasteiger charge is -2.20. The van der Waals surface area contributed by atoms with Crippen molar-refractivity contribution in [3.8, 4) is 5.75 Å². The van der Waals surface area contributed by atoms with Gasteiger partial charge in [-0.3, -0.25) is 14.5 Å². The van der Waals surface area contributed by atoms with E-state index in [1.165, 1.54) is 7.11 Å². The van der Waals surface area contributed by atoms with Gasteiger partial charge in [0.2, 0.25) is 5.91 Å². The molecule has 0 aliphatic carbocycles. The van der Waals surface area contributed by atoms with Gasteiger partial charge in [-0.05, 0) is 31.2 Å². The maximum absolute atomic E-state index is 12.3. The highest BCUT2D eigenvalue weighted by molar-refractivity contribution is 6.10. The molecular formula is C15H19N3O5. The molecule has 0 saturated carbocycles. The molecule has 0 aromatic heterocycles. The van der Waals surface area contributed by atoms with Crippen LogP contribution in [0.25, 0.3) is 0 Å². The highest BCUT2D eigenvalue weighted by atomic mass is 16.5. The molecule has 1 unspecified atom stereocenters. The number of urea groups is 1. The molecule has 1 aromatic rings. The number of anilines is 1. The van der Waals surface area contributed by atoms with Crippen LogP contribution in [-0.4, -0.2) is 55.7 Å². The van der Waals surface area contributed by atoms with Gasteiger partial charge in [0.1, 0.15) is 17.8 Å². The van der Waals surface area contributed by atoms with Crippen LogP contribution in [-0.2, 0) is 14.3 Å². The van der Waals surface area contributed by atoms with Crippen LogP contribution in [0, 0.1) is 0 Å². The summed E-state index contributed by atoms with van der Waals surface area (Å²) in [4.78, 5) is 37.1. The quantitative estimate of drug-likeness (QED) is 0.748. The first-order valence-electron chi connectivity index (χ1n) is 6.96. The fraction of sp³-hybridized carbons (Fsp3) is 0.400. The molecule has 8 nitrogen and oxygen atoms in total. The first-order valence-corrected chi connectivity index (χ1v) is 6.96. The Morgan fingerprint density at radius 2 is 1.91 bits per heavy atom. The van der Waals surface area contributed by atoms with Crippen molar-refractivity contribution >= 4 is 23.5 Å². The van der Waals surface area contributed by atoms with Gasteiger partial charge in [-0.1, -0.05) is 0 Å². The summed E-state index contributed by atoms with van der Waals surface area (Å²) in [6.07, 6.45) is 0. The van der Waals surface area contributed by atoms with Crippen molar-refractivity contribution in [2.45, 2.75) is 12.5 Å². The van der Waals surface area contributed by atoms with E-state index in [1.54, 1.807) is 38.3 Å². The molecule has 1 aliphatic rings. The smallest absolute Gasteiger partial charge is 0.325 e. The maximum atomic E-state index is 12.3. The van der Waals surface area contributed by atoms with E-state index in [0.29, 0.717) is 11.4 Å². The molecule has 4 amide bonds. The Morgan fingerprint density at radius 1 is 1.26 bits per heavy atom. The molecule has 0 radical (unpaired) electrons. The van der Waals surface area contributed by atoms with Gasteiger partial charge in [0.05, 0.1) is 13.7 Å². The number of nitrogens with zero attached hydrogens (tertiary/aromatic N) is 1. The second-order valence-corrected chi connectivity index (χ2v) is 5.36. The Labute approximate surface area is 133 Å². The molecule has 2 rings (SSSR count). The Balaban J connectivity index is 1.99. The SMILES string of the molecule is COCC1(C)NC(=O)N(CC(=O)Nc2ccc(OC)cc2)C1=O. The predicted molar refractivity (Wildman–Crippen MR) is 82.1 cm³/mol. The highest BCUT2D eigenvalue weighted by Gasteiger charge is 2.48. The van der Waals surface area contributed by atoms with Crippen LogP contribution >= 0.6 is 0 Å². The summed E-state index contributed by atoms with van der Waals surface area (Å²) in [7, 11) is 2.98. The molecule has 1 aliphatic heterocycles. The van der Waals surface area contributed by atoms with Gasteiger partial charge in [-0.25, -0.2) is 4.79 Å².